The Hall–Kier alpha value is -0.610. The summed E-state index contributed by atoms with van der Waals surface area (Å²) in [4.78, 5) is 11.9. The number of amides is 1. The van der Waals surface area contributed by atoms with Gasteiger partial charge in [-0.3, -0.25) is 4.79 Å². The van der Waals surface area contributed by atoms with Gasteiger partial charge in [-0.15, -0.1) is 0 Å². The van der Waals surface area contributed by atoms with E-state index in [2.05, 4.69) is 5.32 Å². The molecule has 1 amide bonds. The highest BCUT2D eigenvalue weighted by Crippen LogP contribution is 2.18. The molecule has 0 aromatic heterocycles. The highest BCUT2D eigenvalue weighted by atomic mass is 16.5. The fourth-order valence-corrected chi connectivity index (χ4v) is 2.79. The monoisotopic (exact) mass is 240 g/mol. The van der Waals surface area contributed by atoms with Crippen LogP contribution in [0.15, 0.2) is 0 Å². The van der Waals surface area contributed by atoms with Gasteiger partial charge < -0.3 is 15.8 Å². The second kappa shape index (κ2) is 6.36. The van der Waals surface area contributed by atoms with Gasteiger partial charge in [0.1, 0.15) is 0 Å². The minimum absolute atomic E-state index is 0.110. The minimum atomic E-state index is 0.110. The molecule has 1 saturated heterocycles. The van der Waals surface area contributed by atoms with Crippen molar-refractivity contribution in [2.75, 3.05) is 6.61 Å². The molecule has 2 aliphatic rings. The first-order chi connectivity index (χ1) is 8.25. The zero-order chi connectivity index (χ0) is 12.1. The molecule has 1 aliphatic carbocycles. The molecule has 3 unspecified atom stereocenters. The largest absolute Gasteiger partial charge is 0.378 e. The maximum Gasteiger partial charge on any atom is 0.222 e. The van der Waals surface area contributed by atoms with Crippen LogP contribution in [0.1, 0.15) is 51.4 Å². The average Bonchev–Trinajstić information content (AvgIpc) is 2.71. The van der Waals surface area contributed by atoms with Crippen molar-refractivity contribution in [3.05, 3.63) is 0 Å². The number of nitrogens with one attached hydrogen (secondary N) is 1. The van der Waals surface area contributed by atoms with Crippen LogP contribution < -0.4 is 11.1 Å². The summed E-state index contributed by atoms with van der Waals surface area (Å²) in [6.07, 6.45) is 8.42. The zero-order valence-corrected chi connectivity index (χ0v) is 10.5. The van der Waals surface area contributed by atoms with E-state index in [1.807, 2.05) is 0 Å². The number of nitrogens with two attached hydrogens (primary N) is 1. The van der Waals surface area contributed by atoms with Gasteiger partial charge in [0, 0.05) is 18.7 Å². The Morgan fingerprint density at radius 2 is 2.00 bits per heavy atom. The number of rotatable bonds is 3. The smallest absolute Gasteiger partial charge is 0.222 e. The van der Waals surface area contributed by atoms with Crippen molar-refractivity contribution < 1.29 is 9.53 Å². The lowest BCUT2D eigenvalue weighted by molar-refractivity contribution is -0.124. The van der Waals surface area contributed by atoms with Crippen LogP contribution in [0.4, 0.5) is 0 Å². The fourth-order valence-electron chi connectivity index (χ4n) is 2.79. The van der Waals surface area contributed by atoms with Crippen LogP contribution >= 0.6 is 0 Å². The van der Waals surface area contributed by atoms with E-state index in [4.69, 9.17) is 10.5 Å². The topological polar surface area (TPSA) is 64.3 Å². The normalized spacial score (nSPS) is 34.3. The fraction of sp³-hybridized carbons (Fsp3) is 0.923. The molecule has 0 radical (unpaired) electrons. The Kier molecular flexibility index (Phi) is 4.80. The van der Waals surface area contributed by atoms with Crippen molar-refractivity contribution in [1.29, 1.82) is 0 Å². The van der Waals surface area contributed by atoms with Gasteiger partial charge >= 0.3 is 0 Å². The number of hydrogen-bond donors (Lipinski definition) is 2. The van der Waals surface area contributed by atoms with Crippen molar-refractivity contribution in [3.8, 4) is 0 Å². The number of hydrogen-bond acceptors (Lipinski definition) is 3. The number of carbonyl (C=O) groups is 1. The van der Waals surface area contributed by atoms with E-state index in [0.29, 0.717) is 6.42 Å². The summed E-state index contributed by atoms with van der Waals surface area (Å²) in [7, 11) is 0. The van der Waals surface area contributed by atoms with Gasteiger partial charge in [-0.1, -0.05) is 19.3 Å². The van der Waals surface area contributed by atoms with Crippen molar-refractivity contribution in [2.45, 2.75) is 69.6 Å². The van der Waals surface area contributed by atoms with Crippen molar-refractivity contribution in [3.63, 3.8) is 0 Å². The molecule has 17 heavy (non-hydrogen) atoms. The third-order valence-corrected chi connectivity index (χ3v) is 3.85. The number of carbonyl (C=O) groups excluding carboxylic acids is 1. The first kappa shape index (κ1) is 12.8. The molecule has 1 heterocycles. The second-order valence-corrected chi connectivity index (χ2v) is 5.32. The zero-order valence-electron chi connectivity index (χ0n) is 10.5. The van der Waals surface area contributed by atoms with E-state index in [1.54, 1.807) is 0 Å². The van der Waals surface area contributed by atoms with Crippen LogP contribution in [0, 0.1) is 0 Å². The van der Waals surface area contributed by atoms with Crippen molar-refractivity contribution >= 4 is 5.91 Å². The predicted molar refractivity (Wildman–Crippen MR) is 66.6 cm³/mol. The number of ether oxygens (including phenoxy) is 1. The second-order valence-electron chi connectivity index (χ2n) is 5.32. The van der Waals surface area contributed by atoms with Crippen LogP contribution in [0.2, 0.25) is 0 Å². The summed E-state index contributed by atoms with van der Waals surface area (Å²) in [5.41, 5.74) is 6.09. The van der Waals surface area contributed by atoms with Crippen molar-refractivity contribution in [2.24, 2.45) is 5.73 Å². The molecular weight excluding hydrogens is 216 g/mol. The molecule has 0 bridgehead atoms. The van der Waals surface area contributed by atoms with Gasteiger partial charge in [-0.25, -0.2) is 0 Å². The third-order valence-electron chi connectivity index (χ3n) is 3.85. The lowest BCUT2D eigenvalue weighted by Crippen LogP contribution is -2.47. The van der Waals surface area contributed by atoms with Gasteiger partial charge in [0.25, 0.3) is 0 Å². The first-order valence-electron chi connectivity index (χ1n) is 6.92. The Morgan fingerprint density at radius 3 is 2.76 bits per heavy atom. The molecule has 1 aliphatic heterocycles. The quantitative estimate of drug-likeness (QED) is 0.732. The Bertz CT molecular complexity index is 252. The molecule has 4 nitrogen and oxygen atoms in total. The molecule has 3 atom stereocenters. The van der Waals surface area contributed by atoms with E-state index in [9.17, 15) is 4.79 Å². The van der Waals surface area contributed by atoms with Gasteiger partial charge in [-0.2, -0.15) is 0 Å². The van der Waals surface area contributed by atoms with E-state index >= 15 is 0 Å². The molecule has 1 saturated carbocycles. The summed E-state index contributed by atoms with van der Waals surface area (Å²) < 4.78 is 5.47. The molecule has 0 aromatic rings. The van der Waals surface area contributed by atoms with E-state index in [1.165, 1.54) is 19.3 Å². The molecule has 2 rings (SSSR count). The molecule has 4 heteroatoms. The van der Waals surface area contributed by atoms with Crippen LogP contribution in [0.5, 0.6) is 0 Å². The average molecular weight is 240 g/mol. The first-order valence-corrected chi connectivity index (χ1v) is 6.92. The maximum absolute atomic E-state index is 11.9. The summed E-state index contributed by atoms with van der Waals surface area (Å²) in [5, 5.41) is 3.09. The highest BCUT2D eigenvalue weighted by Gasteiger charge is 2.24. The summed E-state index contributed by atoms with van der Waals surface area (Å²) in [6.45, 7) is 0.806. The third kappa shape index (κ3) is 3.96. The van der Waals surface area contributed by atoms with Gasteiger partial charge in [0.2, 0.25) is 5.91 Å². The lowest BCUT2D eigenvalue weighted by Gasteiger charge is -2.23. The van der Waals surface area contributed by atoms with Crippen LogP contribution in [-0.4, -0.2) is 30.7 Å². The van der Waals surface area contributed by atoms with Gasteiger partial charge in [-0.05, 0) is 25.7 Å². The predicted octanol–water partition coefficient (Wildman–Crippen LogP) is 1.33. The SMILES string of the molecule is NC1CCCCCC1NC(=O)CC1CCCO1. The maximum atomic E-state index is 11.9. The highest BCUT2D eigenvalue weighted by molar-refractivity contribution is 5.76. The van der Waals surface area contributed by atoms with E-state index in [0.717, 1.165) is 32.3 Å². The minimum Gasteiger partial charge on any atom is -0.378 e. The summed E-state index contributed by atoms with van der Waals surface area (Å²) in [6, 6.07) is 0.303. The van der Waals surface area contributed by atoms with E-state index < -0.39 is 0 Å². The lowest BCUT2D eigenvalue weighted by atomic mass is 10.0. The van der Waals surface area contributed by atoms with Crippen molar-refractivity contribution in [1.82, 2.24) is 5.32 Å². The molecule has 98 valence electrons. The molecule has 3 N–H and O–H groups in total. The van der Waals surface area contributed by atoms with Crippen LogP contribution in [0.25, 0.3) is 0 Å². The molecule has 2 fully saturated rings. The van der Waals surface area contributed by atoms with E-state index in [-0.39, 0.29) is 24.1 Å². The molecule has 0 aromatic carbocycles. The molecule has 0 spiro atoms. The Morgan fingerprint density at radius 1 is 1.18 bits per heavy atom. The van der Waals surface area contributed by atoms with Crippen LogP contribution in [0.3, 0.4) is 0 Å². The molecular formula is C13H24N2O2. The van der Waals surface area contributed by atoms with Gasteiger partial charge in [0.15, 0.2) is 0 Å². The Labute approximate surface area is 103 Å². The Balaban J connectivity index is 1.75. The summed E-state index contributed by atoms with van der Waals surface area (Å²) >= 11 is 0. The van der Waals surface area contributed by atoms with Crippen LogP contribution in [-0.2, 0) is 9.53 Å². The summed E-state index contributed by atoms with van der Waals surface area (Å²) in [5.74, 6) is 0.110. The standard InChI is InChI=1S/C13H24N2O2/c14-11-6-2-1-3-7-12(11)15-13(16)9-10-5-4-8-17-10/h10-12H,1-9,14H2,(H,15,16). The van der Waals surface area contributed by atoms with Gasteiger partial charge in [0.05, 0.1) is 12.5 Å².